The molecule has 0 bridgehead atoms. The van der Waals surface area contributed by atoms with E-state index in [1.165, 1.54) is 6.26 Å². The number of nitrogens with one attached hydrogen (secondary N) is 1. The maximum Gasteiger partial charge on any atom is 0.239 e. The van der Waals surface area contributed by atoms with Crippen molar-refractivity contribution in [3.05, 3.63) is 52.9 Å². The van der Waals surface area contributed by atoms with E-state index in [-0.39, 0.29) is 18.2 Å². The number of halogens is 1. The topological polar surface area (TPSA) is 97.8 Å². The van der Waals surface area contributed by atoms with Gasteiger partial charge in [0.05, 0.1) is 11.3 Å². The van der Waals surface area contributed by atoms with Gasteiger partial charge in [-0.2, -0.15) is 4.98 Å². The lowest BCUT2D eigenvalue weighted by Crippen LogP contribution is -2.02. The maximum atomic E-state index is 12.0. The number of H-pyrrole nitrogens is 1. The molecule has 0 atom stereocenters. The fourth-order valence-corrected chi connectivity index (χ4v) is 2.18. The van der Waals surface area contributed by atoms with Gasteiger partial charge in [-0.15, -0.1) is 5.10 Å². The minimum absolute atomic E-state index is 0.106. The average molecular weight is 303 g/mol. The Labute approximate surface area is 124 Å². The molecule has 3 aromatic rings. The van der Waals surface area contributed by atoms with E-state index < -0.39 is 0 Å². The number of aromatic nitrogens is 3. The lowest BCUT2D eigenvalue weighted by molar-refractivity contribution is 0.0966. The molecule has 2 aromatic heterocycles. The summed E-state index contributed by atoms with van der Waals surface area (Å²) in [4.78, 5) is 16.1. The molecule has 0 amide bonds. The van der Waals surface area contributed by atoms with Gasteiger partial charge in [0.15, 0.2) is 11.6 Å². The summed E-state index contributed by atoms with van der Waals surface area (Å²) >= 11 is 6.14. The molecule has 3 rings (SSSR count). The maximum absolute atomic E-state index is 12.0. The summed E-state index contributed by atoms with van der Waals surface area (Å²) in [6, 6.07) is 8.59. The third-order valence-electron chi connectivity index (χ3n) is 2.95. The molecule has 0 radical (unpaired) electrons. The van der Waals surface area contributed by atoms with Crippen molar-refractivity contribution in [3.8, 4) is 11.4 Å². The number of carbonyl (C=O) groups is 1. The van der Waals surface area contributed by atoms with E-state index in [1.807, 2.05) is 0 Å². The molecule has 0 aliphatic heterocycles. The molecule has 7 heteroatoms. The second kappa shape index (κ2) is 5.41. The number of aromatic amines is 1. The molecule has 0 spiro atoms. The largest absolute Gasteiger partial charge is 0.461 e. The second-order valence-corrected chi connectivity index (χ2v) is 4.84. The molecular formula is C14H11ClN4O2. The molecule has 0 aliphatic rings. The van der Waals surface area contributed by atoms with Crippen LogP contribution in [0.4, 0.5) is 5.95 Å². The smallest absolute Gasteiger partial charge is 0.239 e. The summed E-state index contributed by atoms with van der Waals surface area (Å²) in [5.41, 5.74) is 6.93. The first-order chi connectivity index (χ1) is 10.1. The number of rotatable bonds is 4. The summed E-state index contributed by atoms with van der Waals surface area (Å²) in [6.07, 6.45) is 1.68. The first-order valence-corrected chi connectivity index (χ1v) is 6.54. The van der Waals surface area contributed by atoms with Crippen molar-refractivity contribution in [3.63, 3.8) is 0 Å². The van der Waals surface area contributed by atoms with E-state index in [2.05, 4.69) is 15.2 Å². The summed E-state index contributed by atoms with van der Waals surface area (Å²) in [7, 11) is 0. The number of Topliss-reactive ketones (excluding diaryl/α,β-unsaturated/α-hetero) is 1. The van der Waals surface area contributed by atoms with Crippen LogP contribution in [0.3, 0.4) is 0 Å². The standard InChI is InChI=1S/C14H11ClN4O2/c15-10-4-3-8(7-11(20)12-2-1-5-21-12)6-9(10)13-17-14(16)19-18-13/h1-6H,7H2,(H3,16,17,18,19). The summed E-state index contributed by atoms with van der Waals surface area (Å²) < 4.78 is 5.09. The number of carbonyl (C=O) groups excluding carboxylic acids is 1. The van der Waals surface area contributed by atoms with Crippen molar-refractivity contribution in [2.75, 3.05) is 5.73 Å². The molecule has 6 nitrogen and oxygen atoms in total. The van der Waals surface area contributed by atoms with Crippen LogP contribution in [0.1, 0.15) is 16.1 Å². The van der Waals surface area contributed by atoms with Crippen LogP contribution in [0.25, 0.3) is 11.4 Å². The third kappa shape index (κ3) is 2.80. The summed E-state index contributed by atoms with van der Waals surface area (Å²) in [5, 5.41) is 6.96. The van der Waals surface area contributed by atoms with Gasteiger partial charge in [0.25, 0.3) is 0 Å². The van der Waals surface area contributed by atoms with Crippen molar-refractivity contribution in [1.82, 2.24) is 15.2 Å². The second-order valence-electron chi connectivity index (χ2n) is 4.43. The Morgan fingerprint density at radius 2 is 2.24 bits per heavy atom. The lowest BCUT2D eigenvalue weighted by Gasteiger charge is -2.04. The molecule has 21 heavy (non-hydrogen) atoms. The van der Waals surface area contributed by atoms with Crippen LogP contribution in [0, 0.1) is 0 Å². The molecule has 106 valence electrons. The van der Waals surface area contributed by atoms with Gasteiger partial charge in [-0.3, -0.25) is 9.89 Å². The zero-order chi connectivity index (χ0) is 14.8. The normalized spacial score (nSPS) is 10.7. The van der Waals surface area contributed by atoms with Crippen molar-refractivity contribution in [2.45, 2.75) is 6.42 Å². The van der Waals surface area contributed by atoms with Crippen LogP contribution in [0.15, 0.2) is 41.0 Å². The first-order valence-electron chi connectivity index (χ1n) is 6.17. The van der Waals surface area contributed by atoms with Crippen LogP contribution in [-0.2, 0) is 6.42 Å². The van der Waals surface area contributed by atoms with Gasteiger partial charge in [0, 0.05) is 12.0 Å². The number of ketones is 1. The van der Waals surface area contributed by atoms with Gasteiger partial charge in [-0.25, -0.2) is 0 Å². The molecule has 0 saturated carbocycles. The highest BCUT2D eigenvalue weighted by Gasteiger charge is 2.13. The van der Waals surface area contributed by atoms with Crippen molar-refractivity contribution < 1.29 is 9.21 Å². The van der Waals surface area contributed by atoms with Gasteiger partial charge in [-0.1, -0.05) is 17.7 Å². The zero-order valence-corrected chi connectivity index (χ0v) is 11.6. The van der Waals surface area contributed by atoms with E-state index >= 15 is 0 Å². The molecule has 0 fully saturated rings. The number of furan rings is 1. The van der Waals surface area contributed by atoms with E-state index in [0.717, 1.165) is 5.56 Å². The highest BCUT2D eigenvalue weighted by molar-refractivity contribution is 6.33. The Hall–Kier alpha value is -2.60. The monoisotopic (exact) mass is 302 g/mol. The molecule has 3 N–H and O–H groups in total. The van der Waals surface area contributed by atoms with E-state index in [0.29, 0.717) is 22.2 Å². The molecule has 0 unspecified atom stereocenters. The predicted octanol–water partition coefficient (Wildman–Crippen LogP) is 2.73. The van der Waals surface area contributed by atoms with Crippen molar-refractivity contribution >= 4 is 23.3 Å². The Morgan fingerprint density at radius 1 is 1.38 bits per heavy atom. The minimum Gasteiger partial charge on any atom is -0.461 e. The van der Waals surface area contributed by atoms with Crippen molar-refractivity contribution in [2.24, 2.45) is 0 Å². The number of benzene rings is 1. The van der Waals surface area contributed by atoms with Crippen LogP contribution < -0.4 is 5.73 Å². The fourth-order valence-electron chi connectivity index (χ4n) is 1.97. The lowest BCUT2D eigenvalue weighted by atomic mass is 10.0. The van der Waals surface area contributed by atoms with Gasteiger partial charge < -0.3 is 10.2 Å². The molecule has 0 saturated heterocycles. The van der Waals surface area contributed by atoms with Crippen molar-refractivity contribution in [1.29, 1.82) is 0 Å². The number of nitrogens with zero attached hydrogens (tertiary/aromatic N) is 2. The van der Waals surface area contributed by atoms with Gasteiger partial charge in [-0.05, 0) is 29.8 Å². The number of anilines is 1. The fraction of sp³-hybridized carbons (Fsp3) is 0.0714. The first kappa shape index (κ1) is 13.4. The van der Waals surface area contributed by atoms with Gasteiger partial charge >= 0.3 is 0 Å². The highest BCUT2D eigenvalue weighted by Crippen LogP contribution is 2.27. The Morgan fingerprint density at radius 3 is 2.90 bits per heavy atom. The van der Waals surface area contributed by atoms with Crippen LogP contribution in [-0.4, -0.2) is 21.0 Å². The number of nitrogen functional groups attached to an aromatic ring is 1. The third-order valence-corrected chi connectivity index (χ3v) is 3.28. The Balaban J connectivity index is 1.89. The van der Waals surface area contributed by atoms with Crippen LogP contribution in [0.5, 0.6) is 0 Å². The van der Waals surface area contributed by atoms with E-state index in [9.17, 15) is 4.79 Å². The zero-order valence-electron chi connectivity index (χ0n) is 10.8. The highest BCUT2D eigenvalue weighted by atomic mass is 35.5. The van der Waals surface area contributed by atoms with Crippen LogP contribution >= 0.6 is 11.6 Å². The number of nitrogens with two attached hydrogens (primary N) is 1. The molecule has 2 heterocycles. The molecule has 1 aromatic carbocycles. The molecule has 0 aliphatic carbocycles. The van der Waals surface area contributed by atoms with Gasteiger partial charge in [0.2, 0.25) is 11.7 Å². The Kier molecular flexibility index (Phi) is 3.45. The predicted molar refractivity (Wildman–Crippen MR) is 78.0 cm³/mol. The SMILES string of the molecule is Nc1n[nH]c(-c2cc(CC(=O)c3ccco3)ccc2Cl)n1. The molecular weight excluding hydrogens is 292 g/mol. The number of hydrogen-bond donors (Lipinski definition) is 2. The minimum atomic E-state index is -0.106. The van der Waals surface area contributed by atoms with Crippen LogP contribution in [0.2, 0.25) is 5.02 Å². The van der Waals surface area contributed by atoms with Gasteiger partial charge in [0.1, 0.15) is 0 Å². The van der Waals surface area contributed by atoms with E-state index in [1.54, 1.807) is 30.3 Å². The summed E-state index contributed by atoms with van der Waals surface area (Å²) in [5.74, 6) is 0.823. The summed E-state index contributed by atoms with van der Waals surface area (Å²) in [6.45, 7) is 0. The van der Waals surface area contributed by atoms with E-state index in [4.69, 9.17) is 21.8 Å². The number of hydrogen-bond acceptors (Lipinski definition) is 5. The average Bonchev–Trinajstić information content (AvgIpc) is 3.12. The Bertz CT molecular complexity index is 780. The quantitative estimate of drug-likeness (QED) is 0.722.